The molecule has 1 aromatic heterocycles. The Morgan fingerprint density at radius 1 is 1.92 bits per heavy atom. The number of hydrogen-bond donors (Lipinski definition) is 1. The minimum absolute atomic E-state index is 0.366. The average Bonchev–Trinajstić information content (AvgIpc) is 2.48. The van der Waals surface area contributed by atoms with Gasteiger partial charge in [0.05, 0.1) is 0 Å². The lowest BCUT2D eigenvalue weighted by Crippen LogP contribution is -1.92. The summed E-state index contributed by atoms with van der Waals surface area (Å²) >= 11 is 0. The van der Waals surface area contributed by atoms with Crippen LogP contribution in [0.3, 0.4) is 0 Å². The van der Waals surface area contributed by atoms with E-state index < -0.39 is 6.10 Å². The molecule has 0 bridgehead atoms. The van der Waals surface area contributed by atoms with Gasteiger partial charge < -0.3 is 14.4 Å². The molecule has 1 unspecified atom stereocenters. The highest BCUT2D eigenvalue weighted by Gasteiger charge is 2.08. The lowest BCUT2D eigenvalue weighted by Gasteiger charge is -1.94. The Kier molecular flexibility index (Phi) is 2.88. The Hall–Kier alpha value is -1.29. The molecule has 1 heterocycles. The predicted molar refractivity (Wildman–Crippen MR) is 42.8 cm³/mol. The number of rotatable bonds is 4. The van der Waals surface area contributed by atoms with E-state index in [2.05, 4.69) is 11.7 Å². The summed E-state index contributed by atoms with van der Waals surface area (Å²) < 4.78 is 9.82. The normalized spacial score (nSPS) is 12.5. The van der Waals surface area contributed by atoms with Gasteiger partial charge in [0.25, 0.3) is 5.88 Å². The zero-order chi connectivity index (χ0) is 8.97. The molecule has 0 spiro atoms. The number of hydrogen-bond acceptors (Lipinski definition) is 4. The maximum absolute atomic E-state index is 9.05. The lowest BCUT2D eigenvalue weighted by molar-refractivity contribution is 0.156. The highest BCUT2D eigenvalue weighted by molar-refractivity contribution is 5.12. The van der Waals surface area contributed by atoms with Crippen molar-refractivity contribution in [1.82, 2.24) is 5.16 Å². The fourth-order valence-electron chi connectivity index (χ4n) is 0.681. The highest BCUT2D eigenvalue weighted by Crippen LogP contribution is 2.17. The number of nitrogens with zero attached hydrogens (tertiary/aromatic N) is 1. The van der Waals surface area contributed by atoms with Gasteiger partial charge in [-0.25, -0.2) is 0 Å². The van der Waals surface area contributed by atoms with E-state index in [4.69, 9.17) is 14.4 Å². The van der Waals surface area contributed by atoms with Gasteiger partial charge in [-0.3, -0.25) is 0 Å². The van der Waals surface area contributed by atoms with Crippen LogP contribution in [-0.4, -0.2) is 16.9 Å². The Balaban J connectivity index is 2.58. The number of aliphatic hydroxyl groups excluding tert-OH is 1. The average molecular weight is 169 g/mol. The summed E-state index contributed by atoms with van der Waals surface area (Å²) in [6.07, 6.45) is 0.954. The summed E-state index contributed by atoms with van der Waals surface area (Å²) in [5.74, 6) is 0.764. The molecule has 0 amide bonds. The third-order valence-electron chi connectivity index (χ3n) is 1.27. The molecule has 0 aliphatic heterocycles. The van der Waals surface area contributed by atoms with Crippen LogP contribution >= 0.6 is 0 Å². The third-order valence-corrected chi connectivity index (χ3v) is 1.27. The first-order valence-corrected chi connectivity index (χ1v) is 3.62. The first-order chi connectivity index (χ1) is 5.74. The standard InChI is InChI=1S/C8H11NO3/c1-3-4-11-8-5-7(6(2)10)12-9-8/h3,5-6,10H,1,4H2,2H3. The molecule has 1 N–H and O–H groups in total. The highest BCUT2D eigenvalue weighted by atomic mass is 16.5. The van der Waals surface area contributed by atoms with Gasteiger partial charge in [0.1, 0.15) is 12.7 Å². The Morgan fingerprint density at radius 3 is 3.17 bits per heavy atom. The molecular weight excluding hydrogens is 158 g/mol. The van der Waals surface area contributed by atoms with Crippen LogP contribution in [0.25, 0.3) is 0 Å². The van der Waals surface area contributed by atoms with Gasteiger partial charge in [0, 0.05) is 6.07 Å². The van der Waals surface area contributed by atoms with Crippen molar-refractivity contribution in [3.05, 3.63) is 24.5 Å². The molecule has 0 aliphatic rings. The van der Waals surface area contributed by atoms with E-state index in [1.54, 1.807) is 19.1 Å². The van der Waals surface area contributed by atoms with E-state index in [0.717, 1.165) is 0 Å². The molecule has 0 aromatic carbocycles. The van der Waals surface area contributed by atoms with Gasteiger partial charge in [-0.2, -0.15) is 0 Å². The SMILES string of the molecule is C=CCOc1cc(C(C)O)on1. The Morgan fingerprint density at radius 2 is 2.67 bits per heavy atom. The van der Waals surface area contributed by atoms with Crippen molar-refractivity contribution in [2.75, 3.05) is 6.61 Å². The van der Waals surface area contributed by atoms with Crippen molar-refractivity contribution in [2.45, 2.75) is 13.0 Å². The summed E-state index contributed by atoms with van der Waals surface area (Å²) in [5, 5.41) is 12.6. The van der Waals surface area contributed by atoms with E-state index in [1.165, 1.54) is 0 Å². The van der Waals surface area contributed by atoms with Gasteiger partial charge in [-0.05, 0) is 12.1 Å². The van der Waals surface area contributed by atoms with Gasteiger partial charge in [-0.15, -0.1) is 0 Å². The summed E-state index contributed by atoms with van der Waals surface area (Å²) in [5.41, 5.74) is 0. The van der Waals surface area contributed by atoms with Crippen molar-refractivity contribution >= 4 is 0 Å². The van der Waals surface area contributed by atoms with E-state index in [1.807, 2.05) is 0 Å². The van der Waals surface area contributed by atoms with Gasteiger partial charge in [0.15, 0.2) is 5.76 Å². The van der Waals surface area contributed by atoms with E-state index in [9.17, 15) is 0 Å². The fraction of sp³-hybridized carbons (Fsp3) is 0.375. The molecular formula is C8H11NO3. The van der Waals surface area contributed by atoms with Crippen LogP contribution in [0.1, 0.15) is 18.8 Å². The molecule has 0 saturated heterocycles. The van der Waals surface area contributed by atoms with Crippen LogP contribution in [0.5, 0.6) is 5.88 Å². The molecule has 0 aliphatic carbocycles. The van der Waals surface area contributed by atoms with Crippen LogP contribution < -0.4 is 4.74 Å². The summed E-state index contributed by atoms with van der Waals surface area (Å²) in [4.78, 5) is 0. The Bertz CT molecular complexity index is 255. The van der Waals surface area contributed by atoms with Crippen molar-refractivity contribution in [1.29, 1.82) is 0 Å². The summed E-state index contributed by atoms with van der Waals surface area (Å²) in [6, 6.07) is 1.55. The molecule has 1 atom stereocenters. The molecule has 66 valence electrons. The summed E-state index contributed by atoms with van der Waals surface area (Å²) in [7, 11) is 0. The largest absolute Gasteiger partial charge is 0.471 e. The Labute approximate surface area is 70.4 Å². The molecule has 1 aromatic rings. The maximum atomic E-state index is 9.05. The lowest BCUT2D eigenvalue weighted by atomic mass is 10.3. The number of ether oxygens (including phenoxy) is 1. The van der Waals surface area contributed by atoms with E-state index in [-0.39, 0.29) is 0 Å². The van der Waals surface area contributed by atoms with Crippen LogP contribution in [0.4, 0.5) is 0 Å². The van der Waals surface area contributed by atoms with Gasteiger partial charge in [-0.1, -0.05) is 12.7 Å². The van der Waals surface area contributed by atoms with Crippen molar-refractivity contribution < 1.29 is 14.4 Å². The topological polar surface area (TPSA) is 55.5 Å². The molecule has 4 nitrogen and oxygen atoms in total. The number of aliphatic hydroxyl groups is 1. The monoisotopic (exact) mass is 169 g/mol. The zero-order valence-corrected chi connectivity index (χ0v) is 6.86. The first-order valence-electron chi connectivity index (χ1n) is 3.62. The summed E-state index contributed by atoms with van der Waals surface area (Å²) in [6.45, 7) is 5.46. The minimum atomic E-state index is -0.654. The smallest absolute Gasteiger partial charge is 0.254 e. The van der Waals surface area contributed by atoms with E-state index >= 15 is 0 Å². The van der Waals surface area contributed by atoms with Crippen LogP contribution in [0, 0.1) is 0 Å². The van der Waals surface area contributed by atoms with E-state index in [0.29, 0.717) is 18.2 Å². The predicted octanol–water partition coefficient (Wildman–Crippen LogP) is 1.29. The van der Waals surface area contributed by atoms with Crippen LogP contribution in [0.15, 0.2) is 23.2 Å². The maximum Gasteiger partial charge on any atom is 0.254 e. The first kappa shape index (κ1) is 8.80. The van der Waals surface area contributed by atoms with Crippen molar-refractivity contribution in [2.24, 2.45) is 0 Å². The van der Waals surface area contributed by atoms with Gasteiger partial charge in [0.2, 0.25) is 0 Å². The second-order valence-corrected chi connectivity index (χ2v) is 2.34. The van der Waals surface area contributed by atoms with Crippen molar-refractivity contribution in [3.8, 4) is 5.88 Å². The molecule has 0 fully saturated rings. The molecule has 12 heavy (non-hydrogen) atoms. The quantitative estimate of drug-likeness (QED) is 0.690. The zero-order valence-electron chi connectivity index (χ0n) is 6.86. The third kappa shape index (κ3) is 2.10. The molecule has 0 radical (unpaired) electrons. The van der Waals surface area contributed by atoms with Crippen LogP contribution in [0.2, 0.25) is 0 Å². The number of aromatic nitrogens is 1. The molecule has 0 saturated carbocycles. The molecule has 4 heteroatoms. The second kappa shape index (κ2) is 3.92. The van der Waals surface area contributed by atoms with Gasteiger partial charge >= 0.3 is 0 Å². The van der Waals surface area contributed by atoms with Crippen molar-refractivity contribution in [3.63, 3.8) is 0 Å². The van der Waals surface area contributed by atoms with Crippen LogP contribution in [-0.2, 0) is 0 Å². The molecule has 1 rings (SSSR count). The fourth-order valence-corrected chi connectivity index (χ4v) is 0.681. The minimum Gasteiger partial charge on any atom is -0.471 e. The second-order valence-electron chi connectivity index (χ2n) is 2.34.